The number of benzene rings is 2. The van der Waals surface area contributed by atoms with E-state index in [4.69, 9.17) is 0 Å². The average Bonchev–Trinajstić information content (AvgIpc) is 2.58. The third-order valence-electron chi connectivity index (χ3n) is 3.76. The molecule has 0 aliphatic carbocycles. The highest BCUT2D eigenvalue weighted by Crippen LogP contribution is 2.22. The number of hydrogen-bond donors (Lipinski definition) is 1. The van der Waals surface area contributed by atoms with E-state index in [1.807, 2.05) is 13.8 Å². The molecule has 0 unspecified atom stereocenters. The highest BCUT2D eigenvalue weighted by Gasteiger charge is 2.19. The normalized spacial score (nSPS) is 11.4. The highest BCUT2D eigenvalue weighted by molar-refractivity contribution is 7.92. The minimum absolute atomic E-state index is 0.121. The van der Waals surface area contributed by atoms with Crippen molar-refractivity contribution in [3.63, 3.8) is 0 Å². The molecule has 5 nitrogen and oxygen atoms in total. The molecule has 0 saturated heterocycles. The number of carbonyl (C=O) groups is 1. The summed E-state index contributed by atoms with van der Waals surface area (Å²) in [6.07, 6.45) is 1.07. The second kappa shape index (κ2) is 8.31. The van der Waals surface area contributed by atoms with Crippen LogP contribution in [-0.4, -0.2) is 27.1 Å². The Bertz CT molecular complexity index is 865. The average molecular weight is 378 g/mol. The Balaban J connectivity index is 2.24. The van der Waals surface area contributed by atoms with E-state index in [0.29, 0.717) is 23.7 Å². The van der Waals surface area contributed by atoms with Gasteiger partial charge in [0.1, 0.15) is 5.82 Å². The standard InChI is InChI=1S/C19H23FN2O3S/c1-14(2)12-21-19(23)15-8-10-17(11-9-15)22(26(3,24)25)13-16-6-4-5-7-18(16)20/h4-11,14H,12-13H2,1-3H3,(H,21,23). The first kappa shape index (κ1) is 19.9. The fraction of sp³-hybridized carbons (Fsp3) is 0.316. The molecule has 7 heteroatoms. The zero-order valence-corrected chi connectivity index (χ0v) is 15.9. The van der Waals surface area contributed by atoms with Crippen molar-refractivity contribution in [2.75, 3.05) is 17.1 Å². The molecule has 140 valence electrons. The van der Waals surface area contributed by atoms with E-state index in [-0.39, 0.29) is 18.0 Å². The molecule has 26 heavy (non-hydrogen) atoms. The Hall–Kier alpha value is -2.41. The molecule has 1 N–H and O–H groups in total. The Morgan fingerprint density at radius 3 is 2.27 bits per heavy atom. The van der Waals surface area contributed by atoms with E-state index in [9.17, 15) is 17.6 Å². The van der Waals surface area contributed by atoms with E-state index in [2.05, 4.69) is 5.32 Å². The highest BCUT2D eigenvalue weighted by atomic mass is 32.2. The van der Waals surface area contributed by atoms with Crippen molar-refractivity contribution in [3.05, 3.63) is 65.5 Å². The van der Waals surface area contributed by atoms with E-state index >= 15 is 0 Å². The van der Waals surface area contributed by atoms with Crippen LogP contribution >= 0.6 is 0 Å². The first-order valence-corrected chi connectivity index (χ1v) is 10.1. The van der Waals surface area contributed by atoms with Crippen LogP contribution in [0.1, 0.15) is 29.8 Å². The van der Waals surface area contributed by atoms with Gasteiger partial charge in [-0.1, -0.05) is 32.0 Å². The van der Waals surface area contributed by atoms with E-state index < -0.39 is 15.8 Å². The van der Waals surface area contributed by atoms with Gasteiger partial charge in [0.2, 0.25) is 10.0 Å². The van der Waals surface area contributed by atoms with Gasteiger partial charge >= 0.3 is 0 Å². The molecular formula is C19H23FN2O3S. The molecule has 0 aliphatic heterocycles. The van der Waals surface area contributed by atoms with Gasteiger partial charge in [0.05, 0.1) is 18.5 Å². The molecule has 0 spiro atoms. The predicted molar refractivity (Wildman–Crippen MR) is 101 cm³/mol. The van der Waals surface area contributed by atoms with Gasteiger partial charge in [0.15, 0.2) is 0 Å². The molecular weight excluding hydrogens is 355 g/mol. The quantitative estimate of drug-likeness (QED) is 0.805. The van der Waals surface area contributed by atoms with Crippen molar-refractivity contribution in [1.82, 2.24) is 5.32 Å². The van der Waals surface area contributed by atoms with Crippen LogP contribution in [0.15, 0.2) is 48.5 Å². The molecule has 0 aliphatic rings. The molecule has 0 fully saturated rings. The smallest absolute Gasteiger partial charge is 0.251 e. The van der Waals surface area contributed by atoms with Gasteiger partial charge in [0.25, 0.3) is 5.91 Å². The monoisotopic (exact) mass is 378 g/mol. The summed E-state index contributed by atoms with van der Waals surface area (Å²) in [5, 5.41) is 2.80. The maximum absolute atomic E-state index is 13.9. The van der Waals surface area contributed by atoms with E-state index in [0.717, 1.165) is 10.6 Å². The molecule has 0 saturated carbocycles. The number of carbonyl (C=O) groups excluding carboxylic acids is 1. The van der Waals surface area contributed by atoms with Gasteiger partial charge in [-0.15, -0.1) is 0 Å². The van der Waals surface area contributed by atoms with Crippen molar-refractivity contribution < 1.29 is 17.6 Å². The Morgan fingerprint density at radius 1 is 1.12 bits per heavy atom. The van der Waals surface area contributed by atoms with Crippen LogP contribution in [0.25, 0.3) is 0 Å². The summed E-state index contributed by atoms with van der Waals surface area (Å²) < 4.78 is 39.3. The zero-order valence-electron chi connectivity index (χ0n) is 15.1. The number of halogens is 1. The lowest BCUT2D eigenvalue weighted by Crippen LogP contribution is -2.30. The minimum atomic E-state index is -3.62. The summed E-state index contributed by atoms with van der Waals surface area (Å²) in [5.41, 5.74) is 1.08. The van der Waals surface area contributed by atoms with Crippen LogP contribution in [-0.2, 0) is 16.6 Å². The maximum atomic E-state index is 13.9. The third kappa shape index (κ3) is 5.29. The van der Waals surface area contributed by atoms with Crippen molar-refractivity contribution in [2.24, 2.45) is 5.92 Å². The number of hydrogen-bond acceptors (Lipinski definition) is 3. The van der Waals surface area contributed by atoms with E-state index in [1.165, 1.54) is 6.07 Å². The summed E-state index contributed by atoms with van der Waals surface area (Å²) >= 11 is 0. The SMILES string of the molecule is CC(C)CNC(=O)c1ccc(N(Cc2ccccc2F)S(C)(=O)=O)cc1. The Kier molecular flexibility index (Phi) is 6.37. The summed E-state index contributed by atoms with van der Waals surface area (Å²) in [6.45, 7) is 4.43. The number of anilines is 1. The molecule has 0 bridgehead atoms. The fourth-order valence-corrected chi connectivity index (χ4v) is 3.24. The van der Waals surface area contributed by atoms with Gasteiger partial charge in [-0.3, -0.25) is 9.10 Å². The summed E-state index contributed by atoms with van der Waals surface area (Å²) in [7, 11) is -3.62. The van der Waals surface area contributed by atoms with Crippen LogP contribution in [0.5, 0.6) is 0 Å². The first-order valence-electron chi connectivity index (χ1n) is 8.28. The van der Waals surface area contributed by atoms with E-state index in [1.54, 1.807) is 42.5 Å². The van der Waals surface area contributed by atoms with Gasteiger partial charge < -0.3 is 5.32 Å². The maximum Gasteiger partial charge on any atom is 0.251 e. The summed E-state index contributed by atoms with van der Waals surface area (Å²) in [5.74, 6) is -0.351. The molecule has 1 amide bonds. The van der Waals surface area contributed by atoms with Gasteiger partial charge in [-0.25, -0.2) is 12.8 Å². The van der Waals surface area contributed by atoms with Crippen LogP contribution in [0, 0.1) is 11.7 Å². The van der Waals surface area contributed by atoms with Gasteiger partial charge in [-0.05, 0) is 36.2 Å². The molecule has 0 aromatic heterocycles. The second-order valence-corrected chi connectivity index (χ2v) is 8.42. The van der Waals surface area contributed by atoms with Crippen molar-refractivity contribution in [3.8, 4) is 0 Å². The van der Waals surface area contributed by atoms with Gasteiger partial charge in [-0.2, -0.15) is 0 Å². The molecule has 0 atom stereocenters. The van der Waals surface area contributed by atoms with Crippen molar-refractivity contribution >= 4 is 21.6 Å². The Labute approximate surface area is 153 Å². The topological polar surface area (TPSA) is 66.5 Å². The van der Waals surface area contributed by atoms with Crippen LogP contribution < -0.4 is 9.62 Å². The lowest BCUT2D eigenvalue weighted by atomic mass is 10.1. The van der Waals surface area contributed by atoms with Crippen LogP contribution in [0.3, 0.4) is 0 Å². The number of nitrogens with zero attached hydrogens (tertiary/aromatic N) is 1. The number of sulfonamides is 1. The fourth-order valence-electron chi connectivity index (χ4n) is 2.36. The van der Waals surface area contributed by atoms with Crippen molar-refractivity contribution in [1.29, 1.82) is 0 Å². The molecule has 0 heterocycles. The number of nitrogens with one attached hydrogen (secondary N) is 1. The third-order valence-corrected chi connectivity index (χ3v) is 4.90. The largest absolute Gasteiger partial charge is 0.352 e. The lowest BCUT2D eigenvalue weighted by molar-refractivity contribution is 0.0949. The molecule has 2 aromatic rings. The molecule has 2 rings (SSSR count). The molecule has 2 aromatic carbocycles. The Morgan fingerprint density at radius 2 is 1.73 bits per heavy atom. The predicted octanol–water partition coefficient (Wildman–Crippen LogP) is 3.18. The van der Waals surface area contributed by atoms with Crippen LogP contribution in [0.2, 0.25) is 0 Å². The minimum Gasteiger partial charge on any atom is -0.352 e. The first-order chi connectivity index (χ1) is 12.2. The summed E-state index contributed by atoms with van der Waals surface area (Å²) in [4.78, 5) is 12.1. The number of amides is 1. The second-order valence-electron chi connectivity index (χ2n) is 6.51. The van der Waals surface area contributed by atoms with Gasteiger partial charge in [0, 0.05) is 17.7 Å². The molecule has 0 radical (unpaired) electrons. The van der Waals surface area contributed by atoms with Crippen molar-refractivity contribution in [2.45, 2.75) is 20.4 Å². The lowest BCUT2D eigenvalue weighted by Gasteiger charge is -2.23. The zero-order chi connectivity index (χ0) is 19.3. The van der Waals surface area contributed by atoms with Crippen LogP contribution in [0.4, 0.5) is 10.1 Å². The summed E-state index contributed by atoms with van der Waals surface area (Å²) in [6, 6.07) is 12.3. The number of rotatable bonds is 7.